The minimum Gasteiger partial charge on any atom is -0.355 e. The largest absolute Gasteiger partial charge is 0.355 e. The van der Waals surface area contributed by atoms with Crippen molar-refractivity contribution in [1.82, 2.24) is 25.3 Å². The van der Waals surface area contributed by atoms with Gasteiger partial charge in [-0.25, -0.2) is 0 Å². The standard InChI is InChI=1S/C18H32N6O.HI/c1-13-15(14(2)24(6)22-13)11-20-17(19-3)21-12-18(9-7-8-10-18)16(25)23(4)5;/h7-12H2,1-6H3,(H2,19,20,21);1H. The molecule has 0 radical (unpaired) electrons. The van der Waals surface area contributed by atoms with Gasteiger partial charge in [0.05, 0.1) is 11.1 Å². The lowest BCUT2D eigenvalue weighted by Gasteiger charge is -2.31. The van der Waals surface area contributed by atoms with E-state index in [2.05, 4.69) is 27.6 Å². The molecule has 0 bridgehead atoms. The Labute approximate surface area is 174 Å². The topological polar surface area (TPSA) is 74.5 Å². The highest BCUT2D eigenvalue weighted by molar-refractivity contribution is 14.0. The van der Waals surface area contributed by atoms with Crippen molar-refractivity contribution in [2.45, 2.75) is 46.1 Å². The highest BCUT2D eigenvalue weighted by atomic mass is 127. The molecule has 0 spiro atoms. The molecule has 1 saturated carbocycles. The molecule has 0 saturated heterocycles. The smallest absolute Gasteiger partial charge is 0.230 e. The van der Waals surface area contributed by atoms with Crippen LogP contribution in [-0.4, -0.2) is 54.2 Å². The van der Waals surface area contributed by atoms with Crippen LogP contribution in [0.4, 0.5) is 0 Å². The van der Waals surface area contributed by atoms with Crippen LogP contribution in [0.1, 0.15) is 42.6 Å². The molecule has 1 aliphatic carbocycles. The van der Waals surface area contributed by atoms with Crippen LogP contribution in [0.15, 0.2) is 4.99 Å². The molecule has 1 aliphatic rings. The molecule has 1 amide bonds. The van der Waals surface area contributed by atoms with E-state index in [9.17, 15) is 4.79 Å². The SMILES string of the molecule is CN=C(NCc1c(C)nn(C)c1C)NCC1(C(=O)N(C)C)CCCC1.I. The second kappa shape index (κ2) is 9.57. The van der Waals surface area contributed by atoms with Gasteiger partial charge in [-0.2, -0.15) is 5.10 Å². The summed E-state index contributed by atoms with van der Waals surface area (Å²) in [4.78, 5) is 18.7. The molecular weight excluding hydrogens is 443 g/mol. The molecule has 8 heteroatoms. The molecule has 1 aromatic heterocycles. The fraction of sp³-hybridized carbons (Fsp3) is 0.722. The van der Waals surface area contributed by atoms with E-state index in [1.807, 2.05) is 32.7 Å². The van der Waals surface area contributed by atoms with Gasteiger partial charge in [0, 0.05) is 52.5 Å². The van der Waals surface area contributed by atoms with Crippen molar-refractivity contribution < 1.29 is 4.79 Å². The number of aryl methyl sites for hydroxylation is 2. The Hall–Kier alpha value is -1.32. The lowest BCUT2D eigenvalue weighted by atomic mass is 9.84. The van der Waals surface area contributed by atoms with Gasteiger partial charge < -0.3 is 15.5 Å². The van der Waals surface area contributed by atoms with Crippen LogP contribution in [0.3, 0.4) is 0 Å². The second-order valence-electron chi connectivity index (χ2n) is 7.24. The Morgan fingerprint density at radius 1 is 1.27 bits per heavy atom. The Kier molecular flexibility index (Phi) is 8.36. The number of hydrogen-bond acceptors (Lipinski definition) is 3. The van der Waals surface area contributed by atoms with E-state index in [1.54, 1.807) is 11.9 Å². The summed E-state index contributed by atoms with van der Waals surface area (Å²) in [6.07, 6.45) is 4.10. The summed E-state index contributed by atoms with van der Waals surface area (Å²) < 4.78 is 1.89. The Balaban J connectivity index is 0.00000338. The number of hydrogen-bond donors (Lipinski definition) is 2. The van der Waals surface area contributed by atoms with Gasteiger partial charge in [-0.1, -0.05) is 12.8 Å². The summed E-state index contributed by atoms with van der Waals surface area (Å²) in [5.74, 6) is 0.937. The van der Waals surface area contributed by atoms with E-state index in [4.69, 9.17) is 0 Å². The third-order valence-corrected chi connectivity index (χ3v) is 5.33. The lowest BCUT2D eigenvalue weighted by Crippen LogP contribution is -2.49. The number of guanidine groups is 1. The molecule has 2 rings (SSSR count). The van der Waals surface area contributed by atoms with Crippen LogP contribution in [0.5, 0.6) is 0 Å². The number of rotatable bonds is 5. The third kappa shape index (κ3) is 4.89. The molecule has 1 aromatic rings. The third-order valence-electron chi connectivity index (χ3n) is 5.33. The zero-order valence-electron chi connectivity index (χ0n) is 16.8. The first-order valence-electron chi connectivity index (χ1n) is 8.96. The van der Waals surface area contributed by atoms with Crippen LogP contribution in [0.2, 0.25) is 0 Å². The fourth-order valence-corrected chi connectivity index (χ4v) is 3.71. The van der Waals surface area contributed by atoms with Crippen LogP contribution in [0.25, 0.3) is 0 Å². The van der Waals surface area contributed by atoms with Gasteiger partial charge in [-0.3, -0.25) is 14.5 Å². The Morgan fingerprint density at radius 3 is 2.35 bits per heavy atom. The van der Waals surface area contributed by atoms with Gasteiger partial charge in [0.2, 0.25) is 5.91 Å². The maximum Gasteiger partial charge on any atom is 0.230 e. The zero-order chi connectivity index (χ0) is 18.6. The average Bonchev–Trinajstić information content (AvgIpc) is 3.14. The molecule has 0 aromatic carbocycles. The molecule has 1 fully saturated rings. The monoisotopic (exact) mass is 476 g/mol. The molecule has 148 valence electrons. The number of carbonyl (C=O) groups excluding carboxylic acids is 1. The summed E-state index contributed by atoms with van der Waals surface area (Å²) in [7, 11) is 7.38. The van der Waals surface area contributed by atoms with E-state index < -0.39 is 0 Å². The Morgan fingerprint density at radius 2 is 1.88 bits per heavy atom. The van der Waals surface area contributed by atoms with Gasteiger partial charge in [-0.05, 0) is 26.7 Å². The van der Waals surface area contributed by atoms with Gasteiger partial charge in [0.1, 0.15) is 0 Å². The second-order valence-corrected chi connectivity index (χ2v) is 7.24. The van der Waals surface area contributed by atoms with Gasteiger partial charge in [-0.15, -0.1) is 24.0 Å². The molecule has 0 unspecified atom stereocenters. The van der Waals surface area contributed by atoms with Crippen molar-refractivity contribution in [1.29, 1.82) is 0 Å². The van der Waals surface area contributed by atoms with E-state index in [1.165, 1.54) is 5.56 Å². The number of aromatic nitrogens is 2. The highest BCUT2D eigenvalue weighted by Crippen LogP contribution is 2.38. The van der Waals surface area contributed by atoms with E-state index in [-0.39, 0.29) is 35.3 Å². The van der Waals surface area contributed by atoms with E-state index in [0.717, 1.165) is 43.0 Å². The normalized spacial score (nSPS) is 16.2. The minimum atomic E-state index is -0.304. The van der Waals surface area contributed by atoms with Crippen molar-refractivity contribution in [3.63, 3.8) is 0 Å². The highest BCUT2D eigenvalue weighted by Gasteiger charge is 2.42. The van der Waals surface area contributed by atoms with Crippen LogP contribution in [-0.2, 0) is 18.4 Å². The van der Waals surface area contributed by atoms with Gasteiger partial charge in [0.25, 0.3) is 0 Å². The summed E-state index contributed by atoms with van der Waals surface area (Å²) in [5.41, 5.74) is 3.06. The summed E-state index contributed by atoms with van der Waals surface area (Å²) in [5, 5.41) is 11.2. The van der Waals surface area contributed by atoms with E-state index >= 15 is 0 Å². The number of amides is 1. The Bertz CT molecular complexity index is 646. The summed E-state index contributed by atoms with van der Waals surface area (Å²) in [6, 6.07) is 0. The van der Waals surface area contributed by atoms with Crippen LogP contribution < -0.4 is 10.6 Å². The maximum absolute atomic E-state index is 12.7. The number of nitrogens with zero attached hydrogens (tertiary/aromatic N) is 4. The van der Waals surface area contributed by atoms with Gasteiger partial charge >= 0.3 is 0 Å². The number of aliphatic imine (C=N–C) groups is 1. The predicted molar refractivity (Wildman–Crippen MR) is 116 cm³/mol. The zero-order valence-corrected chi connectivity index (χ0v) is 19.2. The maximum atomic E-state index is 12.7. The quantitative estimate of drug-likeness (QED) is 0.387. The number of nitrogens with one attached hydrogen (secondary N) is 2. The average molecular weight is 476 g/mol. The first-order chi connectivity index (χ1) is 11.8. The van der Waals surface area contributed by atoms with Crippen LogP contribution in [0, 0.1) is 19.3 Å². The van der Waals surface area contributed by atoms with Crippen LogP contribution >= 0.6 is 24.0 Å². The number of halogens is 1. The van der Waals surface area contributed by atoms with Gasteiger partial charge in [0.15, 0.2) is 5.96 Å². The van der Waals surface area contributed by atoms with Crippen molar-refractivity contribution >= 4 is 35.8 Å². The van der Waals surface area contributed by atoms with Crippen molar-refractivity contribution in [2.24, 2.45) is 17.5 Å². The molecule has 1 heterocycles. The summed E-state index contributed by atoms with van der Waals surface area (Å²) in [6.45, 7) is 5.37. The lowest BCUT2D eigenvalue weighted by molar-refractivity contribution is -0.138. The number of carbonyl (C=O) groups is 1. The fourth-order valence-electron chi connectivity index (χ4n) is 3.71. The van der Waals surface area contributed by atoms with E-state index in [0.29, 0.717) is 13.1 Å². The molecule has 7 nitrogen and oxygen atoms in total. The van der Waals surface area contributed by atoms with Crippen molar-refractivity contribution in [3.8, 4) is 0 Å². The molecule has 26 heavy (non-hydrogen) atoms. The van der Waals surface area contributed by atoms with Crippen molar-refractivity contribution in [2.75, 3.05) is 27.7 Å². The molecule has 0 aliphatic heterocycles. The molecular formula is C18H33IN6O. The molecule has 2 N–H and O–H groups in total. The predicted octanol–water partition coefficient (Wildman–Crippen LogP) is 1.97. The summed E-state index contributed by atoms with van der Waals surface area (Å²) >= 11 is 0. The minimum absolute atomic E-state index is 0. The first kappa shape index (κ1) is 22.7. The first-order valence-corrected chi connectivity index (χ1v) is 8.96. The molecule has 0 atom stereocenters. The van der Waals surface area contributed by atoms with Crippen molar-refractivity contribution in [3.05, 3.63) is 17.0 Å².